The van der Waals surface area contributed by atoms with Crippen molar-refractivity contribution in [1.82, 2.24) is 0 Å². The highest BCUT2D eigenvalue weighted by Gasteiger charge is 2.28. The van der Waals surface area contributed by atoms with Crippen molar-refractivity contribution in [3.63, 3.8) is 0 Å². The number of aliphatic hydroxyl groups is 1. The minimum Gasteiger partial charge on any atom is -0.387 e. The average Bonchev–Trinajstić information content (AvgIpc) is 1.85. The fourth-order valence-electron chi connectivity index (χ4n) is 1.94. The minimum atomic E-state index is -0.0862. The van der Waals surface area contributed by atoms with E-state index >= 15 is 0 Å². The molecule has 0 aromatic heterocycles. The van der Waals surface area contributed by atoms with E-state index in [1.165, 1.54) is 19.3 Å². The van der Waals surface area contributed by atoms with Gasteiger partial charge >= 0.3 is 0 Å². The lowest BCUT2D eigenvalue weighted by Crippen LogP contribution is -2.42. The van der Waals surface area contributed by atoms with Crippen LogP contribution < -0.4 is 5.73 Å². The molecule has 0 atom stereocenters. The molecule has 1 aliphatic rings. The molecular formula is C9H18NO. The Morgan fingerprint density at radius 2 is 1.91 bits per heavy atom. The van der Waals surface area contributed by atoms with Gasteiger partial charge in [0, 0.05) is 5.54 Å². The maximum atomic E-state index is 9.11. The molecule has 0 heterocycles. The molecule has 0 aromatic carbocycles. The first-order valence-electron chi connectivity index (χ1n) is 4.43. The normalized spacial score (nSPS) is 24.0. The zero-order valence-corrected chi connectivity index (χ0v) is 7.27. The summed E-state index contributed by atoms with van der Waals surface area (Å²) in [5.41, 5.74) is 5.99. The van der Waals surface area contributed by atoms with Gasteiger partial charge in [-0.25, -0.2) is 0 Å². The summed E-state index contributed by atoms with van der Waals surface area (Å²) in [6, 6.07) is 0. The second kappa shape index (κ2) is 3.55. The monoisotopic (exact) mass is 156 g/mol. The van der Waals surface area contributed by atoms with Gasteiger partial charge in [0.1, 0.15) is 0 Å². The van der Waals surface area contributed by atoms with E-state index in [9.17, 15) is 0 Å². The molecule has 0 aliphatic heterocycles. The molecule has 11 heavy (non-hydrogen) atoms. The molecule has 2 nitrogen and oxygen atoms in total. The highest BCUT2D eigenvalue weighted by atomic mass is 16.3. The Kier molecular flexibility index (Phi) is 2.90. The van der Waals surface area contributed by atoms with E-state index in [4.69, 9.17) is 10.8 Å². The maximum Gasteiger partial charge on any atom is 0.0920 e. The summed E-state index contributed by atoms with van der Waals surface area (Å²) in [4.78, 5) is 0. The fourth-order valence-corrected chi connectivity index (χ4v) is 1.94. The Morgan fingerprint density at radius 1 is 1.36 bits per heavy atom. The van der Waals surface area contributed by atoms with Crippen molar-refractivity contribution >= 4 is 0 Å². The Labute approximate surface area is 68.8 Å². The highest BCUT2D eigenvalue weighted by molar-refractivity contribution is 4.93. The molecule has 1 fully saturated rings. The molecule has 1 saturated carbocycles. The van der Waals surface area contributed by atoms with Crippen LogP contribution >= 0.6 is 0 Å². The largest absolute Gasteiger partial charge is 0.387 e. The van der Waals surface area contributed by atoms with E-state index in [1.807, 2.05) is 0 Å². The van der Waals surface area contributed by atoms with Crippen LogP contribution in [0.3, 0.4) is 0 Å². The van der Waals surface area contributed by atoms with E-state index in [0.29, 0.717) is 12.5 Å². The molecule has 1 aliphatic carbocycles. The lowest BCUT2D eigenvalue weighted by Gasteiger charge is -2.34. The summed E-state index contributed by atoms with van der Waals surface area (Å²) in [5, 5.41) is 9.11. The molecule has 0 saturated heterocycles. The van der Waals surface area contributed by atoms with E-state index in [1.54, 1.807) is 6.92 Å². The first kappa shape index (κ1) is 9.01. The third-order valence-corrected chi connectivity index (χ3v) is 2.46. The van der Waals surface area contributed by atoms with Crippen molar-refractivity contribution in [2.45, 2.75) is 51.0 Å². The van der Waals surface area contributed by atoms with Gasteiger partial charge < -0.3 is 10.8 Å². The predicted octanol–water partition coefficient (Wildman–Crippen LogP) is 1.96. The standard InChI is InChI=1S/C9H18NO/c1-8(11)7-9(10)5-3-2-4-6-9/h11H,2-7,10H2,1H3. The molecule has 1 rings (SSSR count). The van der Waals surface area contributed by atoms with Crippen LogP contribution in [-0.4, -0.2) is 10.6 Å². The summed E-state index contributed by atoms with van der Waals surface area (Å²) >= 11 is 0. The number of hydrogen-bond donors (Lipinski definition) is 2. The van der Waals surface area contributed by atoms with E-state index < -0.39 is 0 Å². The number of nitrogens with two attached hydrogens (primary N) is 1. The van der Waals surface area contributed by atoms with Gasteiger partial charge in [0.05, 0.1) is 6.10 Å². The Hall–Kier alpha value is -0.0800. The summed E-state index contributed by atoms with van der Waals surface area (Å²) < 4.78 is 0. The predicted molar refractivity (Wildman–Crippen MR) is 45.5 cm³/mol. The molecule has 2 heteroatoms. The molecule has 1 radical (unpaired) electrons. The van der Waals surface area contributed by atoms with Crippen molar-refractivity contribution in [3.8, 4) is 0 Å². The van der Waals surface area contributed by atoms with Crippen LogP contribution in [0.2, 0.25) is 0 Å². The Balaban J connectivity index is 2.37. The van der Waals surface area contributed by atoms with Crippen molar-refractivity contribution < 1.29 is 5.11 Å². The van der Waals surface area contributed by atoms with Crippen molar-refractivity contribution in [2.24, 2.45) is 5.73 Å². The van der Waals surface area contributed by atoms with Gasteiger partial charge in [0.15, 0.2) is 0 Å². The van der Waals surface area contributed by atoms with E-state index in [2.05, 4.69) is 0 Å². The third-order valence-electron chi connectivity index (χ3n) is 2.46. The molecule has 65 valence electrons. The lowest BCUT2D eigenvalue weighted by molar-refractivity contribution is 0.208. The van der Waals surface area contributed by atoms with Gasteiger partial charge in [-0.2, -0.15) is 0 Å². The Morgan fingerprint density at radius 3 is 2.36 bits per heavy atom. The second-order valence-electron chi connectivity index (χ2n) is 3.84. The first-order chi connectivity index (χ1) is 5.12. The van der Waals surface area contributed by atoms with Crippen LogP contribution in [0.4, 0.5) is 0 Å². The molecule has 0 amide bonds. The molecule has 3 N–H and O–H groups in total. The van der Waals surface area contributed by atoms with Gasteiger partial charge in [0.2, 0.25) is 0 Å². The smallest absolute Gasteiger partial charge is 0.0920 e. The molecule has 0 spiro atoms. The van der Waals surface area contributed by atoms with Gasteiger partial charge in [-0.15, -0.1) is 0 Å². The maximum absolute atomic E-state index is 9.11. The summed E-state index contributed by atoms with van der Waals surface area (Å²) in [7, 11) is 0. The van der Waals surface area contributed by atoms with Crippen LogP contribution in [0.1, 0.15) is 45.4 Å². The summed E-state index contributed by atoms with van der Waals surface area (Å²) in [5.74, 6) is 0. The van der Waals surface area contributed by atoms with Gasteiger partial charge in [-0.05, 0) is 26.2 Å². The molecule has 0 bridgehead atoms. The second-order valence-corrected chi connectivity index (χ2v) is 3.84. The number of rotatable bonds is 2. The zero-order valence-electron chi connectivity index (χ0n) is 7.27. The lowest BCUT2D eigenvalue weighted by atomic mass is 9.79. The average molecular weight is 156 g/mol. The van der Waals surface area contributed by atoms with Gasteiger partial charge in [-0.3, -0.25) is 0 Å². The van der Waals surface area contributed by atoms with Crippen molar-refractivity contribution in [2.75, 3.05) is 0 Å². The van der Waals surface area contributed by atoms with Gasteiger partial charge in [0.25, 0.3) is 0 Å². The topological polar surface area (TPSA) is 46.2 Å². The number of hydrogen-bond acceptors (Lipinski definition) is 2. The van der Waals surface area contributed by atoms with Crippen molar-refractivity contribution in [3.05, 3.63) is 6.10 Å². The van der Waals surface area contributed by atoms with Crippen LogP contribution in [-0.2, 0) is 0 Å². The number of aliphatic hydroxyl groups excluding tert-OH is 1. The molecular weight excluding hydrogens is 138 g/mol. The fraction of sp³-hybridized carbons (Fsp3) is 0.889. The highest BCUT2D eigenvalue weighted by Crippen LogP contribution is 2.30. The van der Waals surface area contributed by atoms with Crippen LogP contribution in [0.25, 0.3) is 0 Å². The van der Waals surface area contributed by atoms with Crippen LogP contribution in [0.5, 0.6) is 0 Å². The Bertz CT molecular complexity index is 117. The van der Waals surface area contributed by atoms with E-state index in [0.717, 1.165) is 12.8 Å². The zero-order chi connectivity index (χ0) is 8.32. The van der Waals surface area contributed by atoms with Crippen LogP contribution in [0.15, 0.2) is 0 Å². The quantitative estimate of drug-likeness (QED) is 0.642. The van der Waals surface area contributed by atoms with E-state index in [-0.39, 0.29) is 5.54 Å². The molecule has 0 aromatic rings. The third kappa shape index (κ3) is 2.80. The van der Waals surface area contributed by atoms with Gasteiger partial charge in [-0.1, -0.05) is 19.3 Å². The minimum absolute atomic E-state index is 0.0862. The summed E-state index contributed by atoms with van der Waals surface area (Å²) in [6.07, 6.45) is 7.08. The first-order valence-corrected chi connectivity index (χ1v) is 4.43. The SMILES string of the molecule is C[C](O)CC1(N)CCCCC1. The summed E-state index contributed by atoms with van der Waals surface area (Å²) in [6.45, 7) is 1.74. The van der Waals surface area contributed by atoms with Crippen molar-refractivity contribution in [1.29, 1.82) is 0 Å². The molecule has 0 unspecified atom stereocenters. The van der Waals surface area contributed by atoms with Crippen LogP contribution in [0, 0.1) is 6.10 Å².